The van der Waals surface area contributed by atoms with Gasteiger partial charge in [-0.05, 0) is 41.8 Å². The van der Waals surface area contributed by atoms with Crippen LogP contribution in [0, 0.1) is 6.92 Å². The van der Waals surface area contributed by atoms with Crippen LogP contribution in [0.15, 0.2) is 42.5 Å². The highest BCUT2D eigenvalue weighted by atomic mass is 16.6. The summed E-state index contributed by atoms with van der Waals surface area (Å²) in [5.41, 5.74) is 3.07. The Kier molecular flexibility index (Phi) is 5.23. The number of nitrogens with one attached hydrogen (secondary N) is 1. The average Bonchev–Trinajstić information content (AvgIpc) is 2.65. The zero-order valence-electron chi connectivity index (χ0n) is 14.4. The van der Waals surface area contributed by atoms with Crippen LogP contribution in [0.2, 0.25) is 0 Å². The van der Waals surface area contributed by atoms with Gasteiger partial charge in [-0.3, -0.25) is 4.79 Å². The van der Waals surface area contributed by atoms with Crippen molar-refractivity contribution in [2.75, 3.05) is 20.3 Å². The molecule has 25 heavy (non-hydrogen) atoms. The molecule has 0 spiro atoms. The summed E-state index contributed by atoms with van der Waals surface area (Å²) in [5.74, 6) is 1.68. The molecular weight excluding hydrogens is 318 g/mol. The van der Waals surface area contributed by atoms with Crippen molar-refractivity contribution < 1.29 is 19.0 Å². The number of carbonyl (C=O) groups is 1. The Morgan fingerprint density at radius 3 is 2.84 bits per heavy atom. The number of rotatable bonds is 5. The van der Waals surface area contributed by atoms with Crippen molar-refractivity contribution in [3.05, 3.63) is 59.2 Å². The maximum atomic E-state index is 12.1. The van der Waals surface area contributed by atoms with E-state index in [0.717, 1.165) is 16.7 Å². The van der Waals surface area contributed by atoms with Crippen LogP contribution >= 0.6 is 0 Å². The van der Waals surface area contributed by atoms with Crippen molar-refractivity contribution in [2.24, 2.45) is 0 Å². The normalized spacial score (nSPS) is 12.9. The standard InChI is InChI=1S/C20H21NO4/c1-14-5-3-4-6-16(14)13-21-19(22)8-7-15-11-17(23-2)20-18(12-15)24-9-10-25-20/h3-8,11-12H,9-10,13H2,1-2H3,(H,21,22)/b8-7+. The smallest absolute Gasteiger partial charge is 0.244 e. The van der Waals surface area contributed by atoms with Crippen molar-refractivity contribution in [1.82, 2.24) is 5.32 Å². The van der Waals surface area contributed by atoms with Gasteiger partial charge >= 0.3 is 0 Å². The SMILES string of the molecule is COc1cc(/C=C/C(=O)NCc2ccccc2C)cc2c1OCCO2. The Bertz CT molecular complexity index is 781. The first-order valence-corrected chi connectivity index (χ1v) is 8.15. The van der Waals surface area contributed by atoms with Crippen LogP contribution in [-0.2, 0) is 11.3 Å². The molecule has 0 saturated heterocycles. The summed E-state index contributed by atoms with van der Waals surface area (Å²) in [6.45, 7) is 3.53. The number of aryl methyl sites for hydroxylation is 1. The molecule has 1 aliphatic rings. The Morgan fingerprint density at radius 2 is 2.04 bits per heavy atom. The maximum Gasteiger partial charge on any atom is 0.244 e. The quantitative estimate of drug-likeness (QED) is 0.851. The van der Waals surface area contributed by atoms with E-state index in [1.807, 2.05) is 43.3 Å². The van der Waals surface area contributed by atoms with E-state index in [2.05, 4.69) is 5.32 Å². The minimum atomic E-state index is -0.155. The minimum absolute atomic E-state index is 0.155. The topological polar surface area (TPSA) is 56.8 Å². The number of ether oxygens (including phenoxy) is 3. The molecular formula is C20H21NO4. The highest BCUT2D eigenvalue weighted by Crippen LogP contribution is 2.40. The monoisotopic (exact) mass is 339 g/mol. The van der Waals surface area contributed by atoms with Gasteiger partial charge in [0.25, 0.3) is 0 Å². The third-order valence-corrected chi connectivity index (χ3v) is 3.99. The van der Waals surface area contributed by atoms with Gasteiger partial charge in [0.2, 0.25) is 11.7 Å². The summed E-state index contributed by atoms with van der Waals surface area (Å²) in [7, 11) is 1.58. The number of fused-ring (bicyclic) bond motifs is 1. The second-order valence-corrected chi connectivity index (χ2v) is 5.72. The van der Waals surface area contributed by atoms with Gasteiger partial charge in [-0.1, -0.05) is 24.3 Å². The Hall–Kier alpha value is -2.95. The van der Waals surface area contributed by atoms with E-state index < -0.39 is 0 Å². The molecule has 0 aromatic heterocycles. The highest BCUT2D eigenvalue weighted by Gasteiger charge is 2.17. The highest BCUT2D eigenvalue weighted by molar-refractivity contribution is 5.91. The van der Waals surface area contributed by atoms with Crippen LogP contribution in [0.1, 0.15) is 16.7 Å². The van der Waals surface area contributed by atoms with E-state index in [-0.39, 0.29) is 5.91 Å². The molecule has 0 atom stereocenters. The fourth-order valence-corrected chi connectivity index (χ4v) is 2.61. The van der Waals surface area contributed by atoms with E-state index in [9.17, 15) is 4.79 Å². The predicted molar refractivity (Wildman–Crippen MR) is 96.0 cm³/mol. The van der Waals surface area contributed by atoms with Crippen LogP contribution in [0.3, 0.4) is 0 Å². The molecule has 5 heteroatoms. The zero-order chi connectivity index (χ0) is 17.6. The fraction of sp³-hybridized carbons (Fsp3) is 0.250. The lowest BCUT2D eigenvalue weighted by atomic mass is 10.1. The van der Waals surface area contributed by atoms with E-state index in [1.54, 1.807) is 13.2 Å². The Morgan fingerprint density at radius 1 is 1.24 bits per heavy atom. The van der Waals surface area contributed by atoms with Gasteiger partial charge in [0.15, 0.2) is 11.5 Å². The minimum Gasteiger partial charge on any atom is -0.493 e. The predicted octanol–water partition coefficient (Wildman–Crippen LogP) is 3.10. The summed E-state index contributed by atoms with van der Waals surface area (Å²) in [6.07, 6.45) is 3.23. The largest absolute Gasteiger partial charge is 0.493 e. The van der Waals surface area contributed by atoms with Gasteiger partial charge in [0, 0.05) is 12.6 Å². The summed E-state index contributed by atoms with van der Waals surface area (Å²) in [5, 5.41) is 2.89. The summed E-state index contributed by atoms with van der Waals surface area (Å²) < 4.78 is 16.5. The molecule has 3 rings (SSSR count). The van der Waals surface area contributed by atoms with E-state index in [1.165, 1.54) is 6.08 Å². The molecule has 0 unspecified atom stereocenters. The van der Waals surface area contributed by atoms with Gasteiger partial charge < -0.3 is 19.5 Å². The fourth-order valence-electron chi connectivity index (χ4n) is 2.61. The number of methoxy groups -OCH3 is 1. The van der Waals surface area contributed by atoms with Crippen molar-refractivity contribution in [2.45, 2.75) is 13.5 Å². The second-order valence-electron chi connectivity index (χ2n) is 5.72. The lowest BCUT2D eigenvalue weighted by Gasteiger charge is -2.20. The van der Waals surface area contributed by atoms with Gasteiger partial charge in [0.1, 0.15) is 13.2 Å². The number of benzene rings is 2. The molecule has 2 aromatic carbocycles. The molecule has 1 heterocycles. The van der Waals surface area contributed by atoms with Crippen molar-refractivity contribution in [3.8, 4) is 17.2 Å². The molecule has 1 amide bonds. The average molecular weight is 339 g/mol. The Balaban J connectivity index is 1.67. The number of carbonyl (C=O) groups excluding carboxylic acids is 1. The lowest BCUT2D eigenvalue weighted by molar-refractivity contribution is -0.116. The maximum absolute atomic E-state index is 12.1. The molecule has 2 aromatic rings. The van der Waals surface area contributed by atoms with Crippen LogP contribution in [0.25, 0.3) is 6.08 Å². The number of hydrogen-bond acceptors (Lipinski definition) is 4. The van der Waals surface area contributed by atoms with Crippen LogP contribution in [0.4, 0.5) is 0 Å². The third-order valence-electron chi connectivity index (χ3n) is 3.99. The van der Waals surface area contributed by atoms with Crippen LogP contribution in [0.5, 0.6) is 17.2 Å². The first kappa shape index (κ1) is 16.9. The summed E-state index contributed by atoms with van der Waals surface area (Å²) in [6, 6.07) is 11.6. The molecule has 0 saturated carbocycles. The summed E-state index contributed by atoms with van der Waals surface area (Å²) in [4.78, 5) is 12.1. The first-order valence-electron chi connectivity index (χ1n) is 8.15. The van der Waals surface area contributed by atoms with Crippen LogP contribution in [-0.4, -0.2) is 26.2 Å². The van der Waals surface area contributed by atoms with Crippen LogP contribution < -0.4 is 19.5 Å². The van der Waals surface area contributed by atoms with Crippen molar-refractivity contribution in [1.29, 1.82) is 0 Å². The number of hydrogen-bond donors (Lipinski definition) is 1. The summed E-state index contributed by atoms with van der Waals surface area (Å²) >= 11 is 0. The molecule has 0 bridgehead atoms. The zero-order valence-corrected chi connectivity index (χ0v) is 14.4. The lowest BCUT2D eigenvalue weighted by Crippen LogP contribution is -2.20. The molecule has 0 fully saturated rings. The van der Waals surface area contributed by atoms with E-state index in [4.69, 9.17) is 14.2 Å². The second kappa shape index (κ2) is 7.75. The van der Waals surface area contributed by atoms with Crippen molar-refractivity contribution in [3.63, 3.8) is 0 Å². The molecule has 0 radical (unpaired) electrons. The molecule has 1 N–H and O–H groups in total. The van der Waals surface area contributed by atoms with E-state index >= 15 is 0 Å². The van der Waals surface area contributed by atoms with Gasteiger partial charge in [-0.25, -0.2) is 0 Å². The third kappa shape index (κ3) is 4.12. The Labute approximate surface area is 147 Å². The molecule has 1 aliphatic heterocycles. The number of amides is 1. The van der Waals surface area contributed by atoms with Gasteiger partial charge in [-0.15, -0.1) is 0 Å². The molecule has 0 aliphatic carbocycles. The van der Waals surface area contributed by atoms with Gasteiger partial charge in [0.05, 0.1) is 7.11 Å². The van der Waals surface area contributed by atoms with Crippen molar-refractivity contribution >= 4 is 12.0 Å². The molecule has 5 nitrogen and oxygen atoms in total. The van der Waals surface area contributed by atoms with Gasteiger partial charge in [-0.2, -0.15) is 0 Å². The van der Waals surface area contributed by atoms with E-state index in [0.29, 0.717) is 37.0 Å². The first-order chi connectivity index (χ1) is 12.2. The molecule has 130 valence electrons.